The predicted octanol–water partition coefficient (Wildman–Crippen LogP) is 1.95. The SMILES string of the molecule is Cc1ccc(C(N)CC(=O)O)c2cc[nH]c12. The first kappa shape index (κ1) is 10.7. The van der Waals surface area contributed by atoms with E-state index in [2.05, 4.69) is 4.98 Å². The van der Waals surface area contributed by atoms with Crippen molar-refractivity contribution in [2.24, 2.45) is 5.73 Å². The first-order chi connectivity index (χ1) is 7.59. The van der Waals surface area contributed by atoms with Crippen molar-refractivity contribution in [3.8, 4) is 0 Å². The van der Waals surface area contributed by atoms with E-state index in [-0.39, 0.29) is 6.42 Å². The van der Waals surface area contributed by atoms with Gasteiger partial charge in [-0.2, -0.15) is 0 Å². The summed E-state index contributed by atoms with van der Waals surface area (Å²) in [5.74, 6) is -0.878. The number of rotatable bonds is 3. The van der Waals surface area contributed by atoms with Crippen molar-refractivity contribution >= 4 is 16.9 Å². The highest BCUT2D eigenvalue weighted by molar-refractivity contribution is 5.86. The molecule has 0 aliphatic heterocycles. The van der Waals surface area contributed by atoms with E-state index in [9.17, 15) is 4.79 Å². The molecule has 0 aliphatic rings. The number of H-pyrrole nitrogens is 1. The van der Waals surface area contributed by atoms with Crippen LogP contribution in [0.25, 0.3) is 10.9 Å². The fourth-order valence-electron chi connectivity index (χ4n) is 1.95. The Morgan fingerprint density at radius 2 is 2.25 bits per heavy atom. The summed E-state index contributed by atoms with van der Waals surface area (Å²) in [5.41, 5.74) is 8.91. The zero-order valence-electron chi connectivity index (χ0n) is 9.03. The number of aromatic nitrogens is 1. The third-order valence-electron chi connectivity index (χ3n) is 2.76. The van der Waals surface area contributed by atoms with Crippen molar-refractivity contribution in [3.05, 3.63) is 35.5 Å². The van der Waals surface area contributed by atoms with Crippen molar-refractivity contribution < 1.29 is 9.90 Å². The number of carbonyl (C=O) groups is 1. The summed E-state index contributed by atoms with van der Waals surface area (Å²) in [7, 11) is 0. The van der Waals surface area contributed by atoms with Crippen LogP contribution in [-0.2, 0) is 4.79 Å². The van der Waals surface area contributed by atoms with Crippen LogP contribution in [0.5, 0.6) is 0 Å². The van der Waals surface area contributed by atoms with Gasteiger partial charge in [-0.25, -0.2) is 0 Å². The normalized spacial score (nSPS) is 12.9. The second kappa shape index (κ2) is 3.98. The molecule has 0 fully saturated rings. The minimum absolute atomic E-state index is 0.0522. The molecule has 1 heterocycles. The number of aryl methyl sites for hydroxylation is 1. The highest BCUT2D eigenvalue weighted by Gasteiger charge is 2.14. The molecule has 2 rings (SSSR count). The summed E-state index contributed by atoms with van der Waals surface area (Å²) in [6, 6.07) is 5.32. The number of fused-ring (bicyclic) bond motifs is 1. The van der Waals surface area contributed by atoms with E-state index in [1.807, 2.05) is 31.3 Å². The Kier molecular flexibility index (Phi) is 2.66. The van der Waals surface area contributed by atoms with Crippen molar-refractivity contribution in [3.63, 3.8) is 0 Å². The van der Waals surface area contributed by atoms with Gasteiger partial charge < -0.3 is 15.8 Å². The third kappa shape index (κ3) is 1.79. The number of hydrogen-bond donors (Lipinski definition) is 3. The molecule has 2 aromatic rings. The van der Waals surface area contributed by atoms with Gasteiger partial charge in [0.05, 0.1) is 6.42 Å². The minimum Gasteiger partial charge on any atom is -0.481 e. The first-order valence-electron chi connectivity index (χ1n) is 5.13. The zero-order valence-corrected chi connectivity index (χ0v) is 9.03. The summed E-state index contributed by atoms with van der Waals surface area (Å²) in [5, 5.41) is 9.74. The van der Waals surface area contributed by atoms with Crippen LogP contribution in [0.4, 0.5) is 0 Å². The van der Waals surface area contributed by atoms with E-state index >= 15 is 0 Å². The number of aromatic amines is 1. The van der Waals surface area contributed by atoms with E-state index in [0.717, 1.165) is 22.0 Å². The van der Waals surface area contributed by atoms with Gasteiger partial charge in [0.2, 0.25) is 0 Å². The topological polar surface area (TPSA) is 79.1 Å². The number of nitrogens with one attached hydrogen (secondary N) is 1. The summed E-state index contributed by atoms with van der Waals surface area (Å²) >= 11 is 0. The molecule has 0 saturated carbocycles. The van der Waals surface area contributed by atoms with Crippen molar-refractivity contribution in [2.45, 2.75) is 19.4 Å². The van der Waals surface area contributed by atoms with Crippen molar-refractivity contribution in [2.75, 3.05) is 0 Å². The lowest BCUT2D eigenvalue weighted by Crippen LogP contribution is -2.15. The Balaban J connectivity index is 2.48. The average Bonchev–Trinajstić information content (AvgIpc) is 2.66. The van der Waals surface area contributed by atoms with Crippen LogP contribution in [0.2, 0.25) is 0 Å². The second-order valence-corrected chi connectivity index (χ2v) is 3.94. The van der Waals surface area contributed by atoms with Crippen LogP contribution in [0.3, 0.4) is 0 Å². The predicted molar refractivity (Wildman–Crippen MR) is 62.2 cm³/mol. The lowest BCUT2D eigenvalue weighted by Gasteiger charge is -2.11. The average molecular weight is 218 g/mol. The molecule has 4 nitrogen and oxygen atoms in total. The maximum atomic E-state index is 10.6. The number of carboxylic acid groups (broad SMARTS) is 1. The van der Waals surface area contributed by atoms with Gasteiger partial charge in [0.25, 0.3) is 0 Å². The van der Waals surface area contributed by atoms with Gasteiger partial charge in [0, 0.05) is 23.1 Å². The third-order valence-corrected chi connectivity index (χ3v) is 2.76. The van der Waals surface area contributed by atoms with Gasteiger partial charge in [-0.3, -0.25) is 4.79 Å². The Morgan fingerprint density at radius 3 is 2.94 bits per heavy atom. The van der Waals surface area contributed by atoms with Crippen LogP contribution >= 0.6 is 0 Å². The van der Waals surface area contributed by atoms with Crippen LogP contribution in [0.1, 0.15) is 23.6 Å². The Labute approximate surface area is 93.1 Å². The molecule has 1 unspecified atom stereocenters. The van der Waals surface area contributed by atoms with Crippen molar-refractivity contribution in [1.82, 2.24) is 4.98 Å². The highest BCUT2D eigenvalue weighted by atomic mass is 16.4. The van der Waals surface area contributed by atoms with Crippen LogP contribution in [0, 0.1) is 6.92 Å². The smallest absolute Gasteiger partial charge is 0.305 e. The number of hydrogen-bond acceptors (Lipinski definition) is 2. The molecule has 0 amide bonds. The number of carboxylic acids is 1. The standard InChI is InChI=1S/C12H14N2O2/c1-7-2-3-8(10(13)6-11(15)16)9-4-5-14-12(7)9/h2-5,10,14H,6,13H2,1H3,(H,15,16). The quantitative estimate of drug-likeness (QED) is 0.736. The molecule has 4 heteroatoms. The molecule has 4 N–H and O–H groups in total. The maximum Gasteiger partial charge on any atom is 0.305 e. The molecule has 1 atom stereocenters. The molecule has 16 heavy (non-hydrogen) atoms. The van der Waals surface area contributed by atoms with Crippen LogP contribution in [0.15, 0.2) is 24.4 Å². The maximum absolute atomic E-state index is 10.6. The van der Waals surface area contributed by atoms with Gasteiger partial charge in [-0.1, -0.05) is 12.1 Å². The summed E-state index contributed by atoms with van der Waals surface area (Å²) in [4.78, 5) is 13.8. The van der Waals surface area contributed by atoms with Gasteiger partial charge in [0.1, 0.15) is 0 Å². The van der Waals surface area contributed by atoms with E-state index < -0.39 is 12.0 Å². The van der Waals surface area contributed by atoms with E-state index in [1.165, 1.54) is 0 Å². The van der Waals surface area contributed by atoms with Gasteiger partial charge in [-0.05, 0) is 24.1 Å². The molecule has 0 radical (unpaired) electrons. The molecule has 0 aliphatic carbocycles. The zero-order chi connectivity index (χ0) is 11.7. The van der Waals surface area contributed by atoms with Gasteiger partial charge >= 0.3 is 5.97 Å². The number of nitrogens with two attached hydrogens (primary N) is 1. The molecule has 0 bridgehead atoms. The molecule has 84 valence electrons. The molecule has 1 aromatic carbocycles. The van der Waals surface area contributed by atoms with E-state index in [4.69, 9.17) is 10.8 Å². The first-order valence-corrected chi connectivity index (χ1v) is 5.13. The molecular weight excluding hydrogens is 204 g/mol. The van der Waals surface area contributed by atoms with Crippen molar-refractivity contribution in [1.29, 1.82) is 0 Å². The summed E-state index contributed by atoms with van der Waals surface area (Å²) < 4.78 is 0. The minimum atomic E-state index is -0.878. The van der Waals surface area contributed by atoms with E-state index in [1.54, 1.807) is 0 Å². The summed E-state index contributed by atoms with van der Waals surface area (Å²) in [6.45, 7) is 2.01. The Hall–Kier alpha value is -1.81. The fraction of sp³-hybridized carbons (Fsp3) is 0.250. The Bertz CT molecular complexity index is 531. The monoisotopic (exact) mass is 218 g/mol. The number of aliphatic carboxylic acids is 1. The Morgan fingerprint density at radius 1 is 1.50 bits per heavy atom. The van der Waals surface area contributed by atoms with Crippen LogP contribution < -0.4 is 5.73 Å². The van der Waals surface area contributed by atoms with E-state index in [0.29, 0.717) is 0 Å². The molecule has 0 saturated heterocycles. The molecule has 0 spiro atoms. The second-order valence-electron chi connectivity index (χ2n) is 3.94. The lowest BCUT2D eigenvalue weighted by atomic mass is 9.99. The largest absolute Gasteiger partial charge is 0.481 e. The van der Waals surface area contributed by atoms with Gasteiger partial charge in [0.15, 0.2) is 0 Å². The lowest BCUT2D eigenvalue weighted by molar-refractivity contribution is -0.137. The number of benzene rings is 1. The fourth-order valence-corrected chi connectivity index (χ4v) is 1.95. The van der Waals surface area contributed by atoms with Crippen LogP contribution in [-0.4, -0.2) is 16.1 Å². The summed E-state index contributed by atoms with van der Waals surface area (Å²) in [6.07, 6.45) is 1.79. The molecular formula is C12H14N2O2. The van der Waals surface area contributed by atoms with Gasteiger partial charge in [-0.15, -0.1) is 0 Å². The highest BCUT2D eigenvalue weighted by Crippen LogP contribution is 2.26. The molecule has 1 aromatic heterocycles.